The first kappa shape index (κ1) is 37.7. The topological polar surface area (TPSA) is 36.9 Å². The summed E-state index contributed by atoms with van der Waals surface area (Å²) in [7, 11) is 0. The molecule has 5 rings (SSSR count). The Labute approximate surface area is 308 Å². The summed E-state index contributed by atoms with van der Waals surface area (Å²) < 4.78 is 24.9. The minimum atomic E-state index is 0.532. The maximum atomic E-state index is 6.19. The van der Waals surface area contributed by atoms with Crippen LogP contribution in [0.25, 0.3) is 11.1 Å². The molecule has 0 amide bonds. The van der Waals surface area contributed by atoms with E-state index in [4.69, 9.17) is 42.1 Å². The Hall–Kier alpha value is -3.16. The second kappa shape index (κ2) is 21.0. The fourth-order valence-corrected chi connectivity index (χ4v) is 6.20. The molecule has 8 heteroatoms. The van der Waals surface area contributed by atoms with Crippen molar-refractivity contribution in [2.75, 3.05) is 25.0 Å². The van der Waals surface area contributed by atoms with Crippen LogP contribution < -0.4 is 18.9 Å². The highest BCUT2D eigenvalue weighted by molar-refractivity contribution is 9.10. The first-order valence-corrected chi connectivity index (χ1v) is 19.1. The first-order valence-electron chi connectivity index (χ1n) is 16.3. The lowest BCUT2D eigenvalue weighted by molar-refractivity contribution is 0.292. The van der Waals surface area contributed by atoms with Crippen LogP contribution in [0.15, 0.2) is 106 Å². The third-order valence-electron chi connectivity index (χ3n) is 7.42. The molecule has 0 aliphatic heterocycles. The van der Waals surface area contributed by atoms with Gasteiger partial charge in [-0.3, -0.25) is 0 Å². The second-order valence-electron chi connectivity index (χ2n) is 10.9. The molecule has 0 atom stereocenters. The van der Waals surface area contributed by atoms with Crippen molar-refractivity contribution < 1.29 is 18.9 Å². The van der Waals surface area contributed by atoms with Gasteiger partial charge in [0.2, 0.25) is 0 Å². The zero-order valence-corrected chi connectivity index (χ0v) is 31.5. The average Bonchev–Trinajstić information content (AvgIpc) is 3.67. The molecule has 4 aromatic carbocycles. The largest absolute Gasteiger partial charge is 0.493 e. The summed E-state index contributed by atoms with van der Waals surface area (Å²) in [6.45, 7) is 6.56. The minimum absolute atomic E-state index is 0.532. The summed E-state index contributed by atoms with van der Waals surface area (Å²) in [5.41, 5.74) is 6.93. The van der Waals surface area contributed by atoms with Crippen molar-refractivity contribution >= 4 is 50.5 Å². The van der Waals surface area contributed by atoms with Crippen LogP contribution in [-0.4, -0.2) is 25.0 Å². The fourth-order valence-electron chi connectivity index (χ4n) is 4.82. The molecule has 0 radical (unpaired) electrons. The SMILES string of the molecule is CCc1cc(-c2ccsc2)c(OCc2ccccc2)cc1OCCCCl.CCc1cc(Br)c(OCc2ccccc2)cc1OCCCCl. The lowest BCUT2D eigenvalue weighted by Gasteiger charge is -2.17. The van der Waals surface area contributed by atoms with Crippen LogP contribution in [0, 0.1) is 0 Å². The predicted molar refractivity (Wildman–Crippen MR) is 206 cm³/mol. The third kappa shape index (κ3) is 11.8. The number of aryl methyl sites for hydroxylation is 2. The number of rotatable bonds is 17. The number of thiophene rings is 1. The fraction of sp³-hybridized carbons (Fsp3) is 0.300. The summed E-state index contributed by atoms with van der Waals surface area (Å²) in [5.74, 6) is 4.62. The van der Waals surface area contributed by atoms with Crippen LogP contribution in [0.3, 0.4) is 0 Å². The summed E-state index contributed by atoms with van der Waals surface area (Å²) in [4.78, 5) is 0. The highest BCUT2D eigenvalue weighted by Gasteiger charge is 2.14. The Morgan fingerprint density at radius 2 is 1.12 bits per heavy atom. The summed E-state index contributed by atoms with van der Waals surface area (Å²) in [6, 6.07) is 30.7. The van der Waals surface area contributed by atoms with Crippen molar-refractivity contribution in [1.29, 1.82) is 0 Å². The highest BCUT2D eigenvalue weighted by Crippen LogP contribution is 2.38. The Balaban J connectivity index is 0.000000220. The molecule has 0 spiro atoms. The van der Waals surface area contributed by atoms with E-state index in [9.17, 15) is 0 Å². The van der Waals surface area contributed by atoms with E-state index in [1.807, 2.05) is 60.7 Å². The van der Waals surface area contributed by atoms with Gasteiger partial charge in [-0.1, -0.05) is 74.5 Å². The number of hydrogen-bond donors (Lipinski definition) is 0. The summed E-state index contributed by atoms with van der Waals surface area (Å²) >= 11 is 16.7. The standard InChI is InChI=1S/C22H23ClO2S.C18H20BrClO2/c1-2-18-13-20(19-9-12-26-16-19)22(14-21(18)24-11-6-10-23)25-15-17-7-4-3-5-8-17;1-2-15-11-16(19)18(12-17(15)21-10-6-9-20)22-13-14-7-4-3-5-8-14/h3-5,7-9,12-14,16H,2,6,10-11,15H2,1H3;3-5,7-8,11-12H,2,6,9-10,13H2,1H3. The van der Waals surface area contributed by atoms with E-state index in [1.165, 1.54) is 11.1 Å². The van der Waals surface area contributed by atoms with Crippen molar-refractivity contribution in [2.45, 2.75) is 52.7 Å². The lowest BCUT2D eigenvalue weighted by atomic mass is 10.0. The van der Waals surface area contributed by atoms with Crippen molar-refractivity contribution in [2.24, 2.45) is 0 Å². The van der Waals surface area contributed by atoms with E-state index in [0.29, 0.717) is 38.2 Å². The van der Waals surface area contributed by atoms with E-state index in [0.717, 1.165) is 75.4 Å². The van der Waals surface area contributed by atoms with Gasteiger partial charge in [0.05, 0.1) is 17.7 Å². The smallest absolute Gasteiger partial charge is 0.137 e. The molecule has 0 fully saturated rings. The van der Waals surface area contributed by atoms with E-state index in [-0.39, 0.29) is 0 Å². The van der Waals surface area contributed by atoms with Gasteiger partial charge in [0.15, 0.2) is 0 Å². The Morgan fingerprint density at radius 1 is 0.604 bits per heavy atom. The van der Waals surface area contributed by atoms with E-state index in [1.54, 1.807) is 11.3 Å². The Morgan fingerprint density at radius 3 is 1.62 bits per heavy atom. The molecule has 1 aromatic heterocycles. The summed E-state index contributed by atoms with van der Waals surface area (Å²) in [6.07, 6.45) is 3.48. The molecule has 0 saturated heterocycles. The third-order valence-corrected chi connectivity index (χ3v) is 9.25. The first-order chi connectivity index (χ1) is 23.6. The molecule has 4 nitrogen and oxygen atoms in total. The predicted octanol–water partition coefficient (Wildman–Crippen LogP) is 12.2. The quantitative estimate of drug-likeness (QED) is 0.0697. The van der Waals surface area contributed by atoms with Crippen LogP contribution in [0.4, 0.5) is 0 Å². The summed E-state index contributed by atoms with van der Waals surface area (Å²) in [5, 5.41) is 4.24. The monoisotopic (exact) mass is 768 g/mol. The van der Waals surface area contributed by atoms with Gasteiger partial charge in [-0.25, -0.2) is 0 Å². The molecule has 1 heterocycles. The minimum Gasteiger partial charge on any atom is -0.493 e. The molecular weight excluding hydrogens is 727 g/mol. The molecule has 0 aliphatic carbocycles. The number of alkyl halides is 2. The van der Waals surface area contributed by atoms with Gasteiger partial charge in [-0.05, 0) is 98.4 Å². The Kier molecular flexibility index (Phi) is 16.5. The second-order valence-corrected chi connectivity index (χ2v) is 13.3. The number of hydrogen-bond acceptors (Lipinski definition) is 5. The van der Waals surface area contributed by atoms with Gasteiger partial charge < -0.3 is 18.9 Å². The van der Waals surface area contributed by atoms with Gasteiger partial charge >= 0.3 is 0 Å². The van der Waals surface area contributed by atoms with Gasteiger partial charge in [-0.2, -0.15) is 11.3 Å². The average molecular weight is 771 g/mol. The van der Waals surface area contributed by atoms with Crippen molar-refractivity contribution in [3.05, 3.63) is 128 Å². The molecule has 48 heavy (non-hydrogen) atoms. The van der Waals surface area contributed by atoms with E-state index < -0.39 is 0 Å². The van der Waals surface area contributed by atoms with E-state index in [2.05, 4.69) is 70.9 Å². The molecule has 5 aromatic rings. The van der Waals surface area contributed by atoms with Crippen LogP contribution in [0.1, 0.15) is 48.9 Å². The molecule has 0 saturated carbocycles. The van der Waals surface area contributed by atoms with Crippen LogP contribution >= 0.6 is 50.5 Å². The molecular formula is C40H43BrCl2O4S. The van der Waals surface area contributed by atoms with E-state index >= 15 is 0 Å². The van der Waals surface area contributed by atoms with Gasteiger partial charge in [0.1, 0.15) is 36.2 Å². The maximum absolute atomic E-state index is 6.19. The molecule has 0 N–H and O–H groups in total. The van der Waals surface area contributed by atoms with Crippen LogP contribution in [-0.2, 0) is 26.1 Å². The highest BCUT2D eigenvalue weighted by atomic mass is 79.9. The van der Waals surface area contributed by atoms with Crippen molar-refractivity contribution in [3.8, 4) is 34.1 Å². The van der Waals surface area contributed by atoms with Crippen LogP contribution in [0.5, 0.6) is 23.0 Å². The van der Waals surface area contributed by atoms with Crippen LogP contribution in [0.2, 0.25) is 0 Å². The van der Waals surface area contributed by atoms with Gasteiger partial charge in [0, 0.05) is 29.5 Å². The van der Waals surface area contributed by atoms with Crippen molar-refractivity contribution in [1.82, 2.24) is 0 Å². The number of benzene rings is 4. The normalized spacial score (nSPS) is 10.6. The molecule has 0 aliphatic rings. The van der Waals surface area contributed by atoms with Crippen molar-refractivity contribution in [3.63, 3.8) is 0 Å². The zero-order valence-electron chi connectivity index (χ0n) is 27.6. The number of halogens is 3. The molecule has 0 unspecified atom stereocenters. The molecule has 254 valence electrons. The van der Waals surface area contributed by atoms with Gasteiger partial charge in [0.25, 0.3) is 0 Å². The number of ether oxygens (including phenoxy) is 4. The lowest BCUT2D eigenvalue weighted by Crippen LogP contribution is -2.03. The molecule has 0 bridgehead atoms. The van der Waals surface area contributed by atoms with Gasteiger partial charge in [-0.15, -0.1) is 23.2 Å². The Bertz CT molecular complexity index is 1630. The maximum Gasteiger partial charge on any atom is 0.137 e. The zero-order chi connectivity index (χ0) is 34.0.